The zero-order valence-electron chi connectivity index (χ0n) is 11.8. The van der Waals surface area contributed by atoms with Gasteiger partial charge in [0, 0.05) is 0 Å². The van der Waals surface area contributed by atoms with Crippen LogP contribution < -0.4 is 5.32 Å². The third kappa shape index (κ3) is 3.48. The van der Waals surface area contributed by atoms with Gasteiger partial charge in [-0.3, -0.25) is 9.59 Å². The van der Waals surface area contributed by atoms with Crippen LogP contribution in [0.2, 0.25) is 0 Å². The first kappa shape index (κ1) is 16.5. The Balaban J connectivity index is 2.12. The van der Waals surface area contributed by atoms with Gasteiger partial charge in [-0.25, -0.2) is 4.79 Å². The van der Waals surface area contributed by atoms with Gasteiger partial charge in [0.05, 0.1) is 10.6 Å². The minimum absolute atomic E-state index is 0.0847. The third-order valence-corrected chi connectivity index (χ3v) is 5.81. The summed E-state index contributed by atoms with van der Waals surface area (Å²) in [6, 6.07) is -1.42. The van der Waals surface area contributed by atoms with Crippen LogP contribution in [-0.2, 0) is 14.4 Å². The highest BCUT2D eigenvalue weighted by Crippen LogP contribution is 2.35. The van der Waals surface area contributed by atoms with Crippen molar-refractivity contribution in [2.45, 2.75) is 55.3 Å². The van der Waals surface area contributed by atoms with Crippen LogP contribution in [0.15, 0.2) is 0 Å². The van der Waals surface area contributed by atoms with Gasteiger partial charge in [-0.05, 0) is 31.4 Å². The van der Waals surface area contributed by atoms with E-state index in [9.17, 15) is 19.5 Å². The number of hydrogen-bond donors (Lipinski definition) is 3. The molecule has 0 saturated carbocycles. The van der Waals surface area contributed by atoms with Crippen LogP contribution in [0, 0.1) is 0 Å². The maximum absolute atomic E-state index is 12.6. The first-order valence-corrected chi connectivity index (χ1v) is 8.67. The Morgan fingerprint density at radius 3 is 2.81 bits per heavy atom. The molecular formula is C13H20N2O4S2. The minimum Gasteiger partial charge on any atom is -0.480 e. The molecule has 6 nitrogen and oxygen atoms in total. The maximum atomic E-state index is 12.6. The zero-order valence-corrected chi connectivity index (χ0v) is 13.5. The van der Waals surface area contributed by atoms with Crippen molar-refractivity contribution < 1.29 is 19.5 Å². The molecule has 0 aromatic rings. The molecule has 0 aromatic heterocycles. The predicted octanol–water partition coefficient (Wildman–Crippen LogP) is 0.718. The Morgan fingerprint density at radius 2 is 2.19 bits per heavy atom. The van der Waals surface area contributed by atoms with Crippen molar-refractivity contribution in [2.75, 3.05) is 5.75 Å². The molecule has 2 fully saturated rings. The molecule has 1 unspecified atom stereocenters. The number of rotatable bonds is 4. The molecule has 2 saturated heterocycles. The highest BCUT2D eigenvalue weighted by Gasteiger charge is 2.45. The van der Waals surface area contributed by atoms with E-state index in [1.165, 1.54) is 4.90 Å². The number of carbonyl (C=O) groups excluding carboxylic acids is 2. The molecule has 0 bridgehead atoms. The van der Waals surface area contributed by atoms with Crippen molar-refractivity contribution >= 4 is 42.2 Å². The van der Waals surface area contributed by atoms with Crippen molar-refractivity contribution in [3.63, 3.8) is 0 Å². The molecule has 2 N–H and O–H groups in total. The molecule has 21 heavy (non-hydrogen) atoms. The molecule has 2 rings (SSSR count). The van der Waals surface area contributed by atoms with Crippen molar-refractivity contribution in [3.8, 4) is 0 Å². The fourth-order valence-corrected chi connectivity index (χ4v) is 4.13. The Labute approximate surface area is 133 Å². The number of carbonyl (C=O) groups is 3. The van der Waals surface area contributed by atoms with Crippen LogP contribution >= 0.6 is 24.4 Å². The largest absolute Gasteiger partial charge is 0.480 e. The lowest BCUT2D eigenvalue weighted by Crippen LogP contribution is -2.53. The smallest absolute Gasteiger partial charge is 0.326 e. The quantitative estimate of drug-likeness (QED) is 0.660. The lowest BCUT2D eigenvalue weighted by Gasteiger charge is -2.28. The van der Waals surface area contributed by atoms with Gasteiger partial charge in [0.15, 0.2) is 0 Å². The Bertz CT molecular complexity index is 446. The van der Waals surface area contributed by atoms with Gasteiger partial charge < -0.3 is 15.3 Å². The first-order chi connectivity index (χ1) is 9.95. The van der Waals surface area contributed by atoms with E-state index in [1.807, 2.05) is 6.92 Å². The standard InChI is InChI=1S/C13H20N2O4S2/c1-2-9(20)11(16)14-7-5-6-21-10-4-3-8(13(18)19)15(10)12(7)17/h7-10,20H,2-6H2,1H3,(H,14,16)(H,18,19)/t7-,8-,9?,10-/m0/s1. The number of thioether (sulfide) groups is 1. The summed E-state index contributed by atoms with van der Waals surface area (Å²) in [5.41, 5.74) is 0. The van der Waals surface area contributed by atoms with E-state index in [-0.39, 0.29) is 17.2 Å². The van der Waals surface area contributed by atoms with Crippen LogP contribution in [0.5, 0.6) is 0 Å². The number of thiol groups is 1. The average Bonchev–Trinajstić information content (AvgIpc) is 2.82. The van der Waals surface area contributed by atoms with Gasteiger partial charge in [-0.1, -0.05) is 6.92 Å². The summed E-state index contributed by atoms with van der Waals surface area (Å²) in [6.07, 6.45) is 2.27. The van der Waals surface area contributed by atoms with Gasteiger partial charge in [-0.15, -0.1) is 11.8 Å². The second-order valence-corrected chi connectivity index (χ2v) is 7.19. The molecule has 2 heterocycles. The summed E-state index contributed by atoms with van der Waals surface area (Å²) in [5.74, 6) is -0.791. The fraction of sp³-hybridized carbons (Fsp3) is 0.769. The third-order valence-electron chi connectivity index (χ3n) is 3.89. The summed E-state index contributed by atoms with van der Waals surface area (Å²) >= 11 is 5.77. The fourth-order valence-electron chi connectivity index (χ4n) is 2.69. The van der Waals surface area contributed by atoms with E-state index >= 15 is 0 Å². The van der Waals surface area contributed by atoms with Gasteiger partial charge >= 0.3 is 5.97 Å². The highest BCUT2D eigenvalue weighted by molar-refractivity contribution is 7.99. The van der Waals surface area contributed by atoms with Crippen LogP contribution in [0.3, 0.4) is 0 Å². The molecular weight excluding hydrogens is 312 g/mol. The first-order valence-electron chi connectivity index (χ1n) is 7.10. The van der Waals surface area contributed by atoms with E-state index in [4.69, 9.17) is 0 Å². The molecule has 0 spiro atoms. The number of fused-ring (bicyclic) bond motifs is 1. The monoisotopic (exact) mass is 332 g/mol. The lowest BCUT2D eigenvalue weighted by molar-refractivity contribution is -0.149. The molecule has 2 aliphatic heterocycles. The number of nitrogens with one attached hydrogen (secondary N) is 1. The zero-order chi connectivity index (χ0) is 15.6. The number of amides is 2. The van der Waals surface area contributed by atoms with Crippen molar-refractivity contribution in [1.82, 2.24) is 10.2 Å². The van der Waals surface area contributed by atoms with E-state index in [2.05, 4.69) is 17.9 Å². The Morgan fingerprint density at radius 1 is 1.48 bits per heavy atom. The lowest BCUT2D eigenvalue weighted by atomic mass is 10.1. The van der Waals surface area contributed by atoms with E-state index < -0.39 is 23.3 Å². The predicted molar refractivity (Wildman–Crippen MR) is 83.4 cm³/mol. The van der Waals surface area contributed by atoms with Gasteiger partial charge in [0.2, 0.25) is 11.8 Å². The van der Waals surface area contributed by atoms with E-state index in [0.29, 0.717) is 25.7 Å². The van der Waals surface area contributed by atoms with Crippen molar-refractivity contribution in [2.24, 2.45) is 0 Å². The Kier molecular flexibility index (Phi) is 5.43. The Hall–Kier alpha value is -0.890. The number of carboxylic acids is 1. The van der Waals surface area contributed by atoms with Crippen LogP contribution in [-0.4, -0.2) is 56.3 Å². The summed E-state index contributed by atoms with van der Waals surface area (Å²) in [4.78, 5) is 37.3. The van der Waals surface area contributed by atoms with Crippen LogP contribution in [0.4, 0.5) is 0 Å². The number of nitrogens with zero attached hydrogens (tertiary/aromatic N) is 1. The average molecular weight is 332 g/mol. The second-order valence-electron chi connectivity index (χ2n) is 5.28. The summed E-state index contributed by atoms with van der Waals surface area (Å²) in [6.45, 7) is 1.85. The molecule has 4 atom stereocenters. The summed E-state index contributed by atoms with van der Waals surface area (Å²) in [5, 5.41) is 11.4. The molecule has 2 aliphatic rings. The highest BCUT2D eigenvalue weighted by atomic mass is 32.2. The number of aliphatic carboxylic acids is 1. The normalized spacial score (nSPS) is 30.5. The van der Waals surface area contributed by atoms with E-state index in [1.54, 1.807) is 11.8 Å². The second kappa shape index (κ2) is 6.91. The topological polar surface area (TPSA) is 86.7 Å². The molecule has 0 aromatic carbocycles. The molecule has 2 amide bonds. The summed E-state index contributed by atoms with van der Waals surface area (Å²) < 4.78 is 0. The maximum Gasteiger partial charge on any atom is 0.326 e. The summed E-state index contributed by atoms with van der Waals surface area (Å²) in [7, 11) is 0. The molecule has 8 heteroatoms. The van der Waals surface area contributed by atoms with Crippen LogP contribution in [0.25, 0.3) is 0 Å². The van der Waals surface area contributed by atoms with Gasteiger partial charge in [0.1, 0.15) is 12.1 Å². The van der Waals surface area contributed by atoms with Gasteiger partial charge in [-0.2, -0.15) is 12.6 Å². The van der Waals surface area contributed by atoms with Gasteiger partial charge in [0.25, 0.3) is 0 Å². The van der Waals surface area contributed by atoms with Crippen molar-refractivity contribution in [1.29, 1.82) is 0 Å². The molecule has 118 valence electrons. The number of carboxylic acid groups (broad SMARTS) is 1. The van der Waals surface area contributed by atoms with Crippen LogP contribution in [0.1, 0.15) is 32.6 Å². The SMILES string of the molecule is CCC(S)C(=O)N[C@H]1CCS[C@H]2CC[C@@H](C(=O)O)N2C1=O. The van der Waals surface area contributed by atoms with Crippen molar-refractivity contribution in [3.05, 3.63) is 0 Å². The molecule has 0 aliphatic carbocycles. The molecule has 0 radical (unpaired) electrons. The minimum atomic E-state index is -0.973. The number of hydrogen-bond acceptors (Lipinski definition) is 5. The van der Waals surface area contributed by atoms with E-state index in [0.717, 1.165) is 5.75 Å².